The molecule has 0 unspecified atom stereocenters. The Hall–Kier alpha value is -1.88. The number of nitrogens with one attached hydrogen (secondary N) is 1. The molecule has 2 rings (SSSR count). The smallest absolute Gasteiger partial charge is 0.245 e. The number of carbonyl (C=O) groups excluding carboxylic acids is 1. The van der Waals surface area contributed by atoms with Crippen molar-refractivity contribution in [3.8, 4) is 0 Å². The van der Waals surface area contributed by atoms with E-state index < -0.39 is 0 Å². The number of imidazole rings is 1. The van der Waals surface area contributed by atoms with Gasteiger partial charge in [-0.2, -0.15) is 0 Å². The number of amides is 1. The molecule has 2 aromatic rings. The van der Waals surface area contributed by atoms with E-state index in [9.17, 15) is 4.79 Å². The first-order valence-electron chi connectivity index (χ1n) is 5.04. The molecule has 0 aliphatic rings. The number of hydrogen-bond acceptors (Lipinski definition) is 3. The predicted octanol–water partition coefficient (Wildman–Crippen LogP) is 1.88. The van der Waals surface area contributed by atoms with Crippen LogP contribution in [0.1, 0.15) is 5.56 Å². The largest absolute Gasteiger partial charge is 0.312 e. The van der Waals surface area contributed by atoms with Crippen molar-refractivity contribution in [1.29, 1.82) is 0 Å². The van der Waals surface area contributed by atoms with Gasteiger partial charge in [0, 0.05) is 18.6 Å². The maximum atomic E-state index is 11.7. The maximum Gasteiger partial charge on any atom is 0.245 e. The molecule has 0 atom stereocenters. The summed E-state index contributed by atoms with van der Waals surface area (Å²) in [7, 11) is 0. The molecule has 0 saturated carbocycles. The first-order chi connectivity index (χ1) is 8.15. The zero-order valence-corrected chi connectivity index (χ0v) is 9.98. The molecule has 0 saturated heterocycles. The number of aryl methyl sites for hydroxylation is 1. The molecule has 0 aromatic carbocycles. The van der Waals surface area contributed by atoms with E-state index in [1.54, 1.807) is 29.2 Å². The fraction of sp³-hybridized carbons (Fsp3) is 0.182. The maximum absolute atomic E-state index is 11.7. The number of halogens is 1. The summed E-state index contributed by atoms with van der Waals surface area (Å²) in [5.74, 6) is 0.342. The molecule has 88 valence electrons. The second-order valence-corrected chi connectivity index (χ2v) is 3.93. The van der Waals surface area contributed by atoms with Gasteiger partial charge in [-0.3, -0.25) is 4.79 Å². The lowest BCUT2D eigenvalue weighted by Gasteiger charge is -2.06. The Morgan fingerprint density at radius 3 is 2.94 bits per heavy atom. The Balaban J connectivity index is 2.01. The third kappa shape index (κ3) is 3.04. The third-order valence-electron chi connectivity index (χ3n) is 2.16. The van der Waals surface area contributed by atoms with Crippen LogP contribution < -0.4 is 5.32 Å². The molecule has 2 heterocycles. The molecule has 5 nitrogen and oxygen atoms in total. The van der Waals surface area contributed by atoms with Gasteiger partial charge >= 0.3 is 0 Å². The van der Waals surface area contributed by atoms with Crippen molar-refractivity contribution < 1.29 is 4.79 Å². The van der Waals surface area contributed by atoms with Crippen molar-refractivity contribution in [2.75, 3.05) is 5.32 Å². The van der Waals surface area contributed by atoms with E-state index in [4.69, 9.17) is 11.6 Å². The SMILES string of the molecule is Cc1ccnc(NC(=O)Cn2ccnc2Cl)c1. The summed E-state index contributed by atoms with van der Waals surface area (Å²) in [5.41, 5.74) is 1.04. The second-order valence-electron chi connectivity index (χ2n) is 3.59. The number of rotatable bonds is 3. The van der Waals surface area contributed by atoms with Gasteiger partial charge in [-0.15, -0.1) is 0 Å². The molecule has 0 aliphatic carbocycles. The topological polar surface area (TPSA) is 59.8 Å². The molecule has 0 fully saturated rings. The van der Waals surface area contributed by atoms with Crippen LogP contribution in [-0.4, -0.2) is 20.4 Å². The fourth-order valence-electron chi connectivity index (χ4n) is 1.37. The summed E-state index contributed by atoms with van der Waals surface area (Å²) in [6.07, 6.45) is 4.83. The van der Waals surface area contributed by atoms with E-state index >= 15 is 0 Å². The lowest BCUT2D eigenvalue weighted by molar-refractivity contribution is -0.116. The summed E-state index contributed by atoms with van der Waals surface area (Å²) in [4.78, 5) is 19.6. The van der Waals surface area contributed by atoms with Gasteiger partial charge in [0.05, 0.1) is 0 Å². The van der Waals surface area contributed by atoms with Crippen molar-refractivity contribution in [3.63, 3.8) is 0 Å². The van der Waals surface area contributed by atoms with Crippen molar-refractivity contribution in [2.24, 2.45) is 0 Å². The van der Waals surface area contributed by atoms with Gasteiger partial charge in [-0.05, 0) is 36.2 Å². The zero-order valence-electron chi connectivity index (χ0n) is 9.22. The molecule has 1 amide bonds. The van der Waals surface area contributed by atoms with Crippen LogP contribution in [0.15, 0.2) is 30.7 Å². The second kappa shape index (κ2) is 4.97. The lowest BCUT2D eigenvalue weighted by Crippen LogP contribution is -2.19. The van der Waals surface area contributed by atoms with E-state index in [-0.39, 0.29) is 17.7 Å². The summed E-state index contributed by atoms with van der Waals surface area (Å²) in [6, 6.07) is 3.66. The van der Waals surface area contributed by atoms with Gasteiger partial charge in [0.1, 0.15) is 12.4 Å². The highest BCUT2D eigenvalue weighted by molar-refractivity contribution is 6.28. The van der Waals surface area contributed by atoms with E-state index in [1.165, 1.54) is 0 Å². The molecule has 1 N–H and O–H groups in total. The number of nitrogens with zero attached hydrogens (tertiary/aromatic N) is 3. The molecule has 17 heavy (non-hydrogen) atoms. The van der Waals surface area contributed by atoms with Crippen molar-refractivity contribution in [2.45, 2.75) is 13.5 Å². The lowest BCUT2D eigenvalue weighted by atomic mass is 10.3. The zero-order chi connectivity index (χ0) is 12.3. The Kier molecular flexibility index (Phi) is 3.39. The Morgan fingerprint density at radius 2 is 2.29 bits per heavy atom. The van der Waals surface area contributed by atoms with Crippen LogP contribution in [0.3, 0.4) is 0 Å². The van der Waals surface area contributed by atoms with Crippen LogP contribution in [0, 0.1) is 6.92 Å². The molecule has 6 heteroatoms. The Labute approximate surface area is 103 Å². The van der Waals surface area contributed by atoms with Gasteiger partial charge in [0.15, 0.2) is 0 Å². The fourth-order valence-corrected chi connectivity index (χ4v) is 1.54. The third-order valence-corrected chi connectivity index (χ3v) is 2.48. The van der Waals surface area contributed by atoms with E-state index in [2.05, 4.69) is 15.3 Å². The summed E-state index contributed by atoms with van der Waals surface area (Å²) >= 11 is 5.77. The molecule has 0 spiro atoms. The minimum Gasteiger partial charge on any atom is -0.312 e. The summed E-state index contributed by atoms with van der Waals surface area (Å²) < 4.78 is 1.55. The molecule has 0 bridgehead atoms. The van der Waals surface area contributed by atoms with Crippen molar-refractivity contribution in [3.05, 3.63) is 41.6 Å². The molecule has 2 aromatic heterocycles. The van der Waals surface area contributed by atoms with E-state index in [0.717, 1.165) is 5.56 Å². The van der Waals surface area contributed by atoms with Crippen molar-refractivity contribution >= 4 is 23.3 Å². The molecule has 0 radical (unpaired) electrons. The van der Waals surface area contributed by atoms with Gasteiger partial charge in [0.25, 0.3) is 0 Å². The quantitative estimate of drug-likeness (QED) is 0.905. The highest BCUT2D eigenvalue weighted by atomic mass is 35.5. The van der Waals surface area contributed by atoms with Crippen molar-refractivity contribution in [1.82, 2.24) is 14.5 Å². The minimum atomic E-state index is -0.192. The summed E-state index contributed by atoms with van der Waals surface area (Å²) in [6.45, 7) is 2.05. The number of anilines is 1. The highest BCUT2D eigenvalue weighted by Gasteiger charge is 2.06. The van der Waals surface area contributed by atoms with Crippen LogP contribution in [0.4, 0.5) is 5.82 Å². The highest BCUT2D eigenvalue weighted by Crippen LogP contribution is 2.07. The Morgan fingerprint density at radius 1 is 1.47 bits per heavy atom. The van der Waals surface area contributed by atoms with Crippen LogP contribution >= 0.6 is 11.6 Å². The van der Waals surface area contributed by atoms with Crippen LogP contribution in [-0.2, 0) is 11.3 Å². The van der Waals surface area contributed by atoms with Gasteiger partial charge in [-0.25, -0.2) is 9.97 Å². The van der Waals surface area contributed by atoms with E-state index in [1.807, 2.05) is 13.0 Å². The van der Waals surface area contributed by atoms with E-state index in [0.29, 0.717) is 5.82 Å². The number of pyridine rings is 1. The first kappa shape index (κ1) is 11.6. The summed E-state index contributed by atoms with van der Waals surface area (Å²) in [5, 5.41) is 2.98. The molecular formula is C11H11ClN4O. The minimum absolute atomic E-state index is 0.119. The average Bonchev–Trinajstić information content (AvgIpc) is 2.64. The standard InChI is InChI=1S/C11H11ClN4O/c1-8-2-3-13-9(6-8)15-10(17)7-16-5-4-14-11(16)12/h2-6H,7H2,1H3,(H,13,15,17). The number of aromatic nitrogens is 3. The number of hydrogen-bond donors (Lipinski definition) is 1. The van der Waals surface area contributed by atoms with Gasteiger partial charge in [0.2, 0.25) is 11.2 Å². The Bertz CT molecular complexity index is 538. The monoisotopic (exact) mass is 250 g/mol. The molecular weight excluding hydrogens is 240 g/mol. The van der Waals surface area contributed by atoms with Crippen LogP contribution in [0.25, 0.3) is 0 Å². The van der Waals surface area contributed by atoms with Gasteiger partial charge < -0.3 is 9.88 Å². The van der Waals surface area contributed by atoms with Crippen LogP contribution in [0.5, 0.6) is 0 Å². The number of carbonyl (C=O) groups is 1. The first-order valence-corrected chi connectivity index (χ1v) is 5.42. The normalized spacial score (nSPS) is 10.2. The van der Waals surface area contributed by atoms with Gasteiger partial charge in [-0.1, -0.05) is 0 Å². The van der Waals surface area contributed by atoms with Crippen LogP contribution in [0.2, 0.25) is 5.28 Å². The predicted molar refractivity (Wildman–Crippen MR) is 64.8 cm³/mol. The molecule has 0 aliphatic heterocycles. The average molecular weight is 251 g/mol.